The smallest absolute Gasteiger partial charge is 0.242 e. The van der Waals surface area contributed by atoms with Crippen molar-refractivity contribution in [3.8, 4) is 0 Å². The van der Waals surface area contributed by atoms with Crippen LogP contribution in [0.3, 0.4) is 0 Å². The first-order valence-corrected chi connectivity index (χ1v) is 8.27. The highest BCUT2D eigenvalue weighted by Crippen LogP contribution is 2.23. The van der Waals surface area contributed by atoms with Gasteiger partial charge in [0.2, 0.25) is 10.0 Å². The molecule has 0 spiro atoms. The third-order valence-corrected chi connectivity index (χ3v) is 5.02. The fraction of sp³-hybridized carbons (Fsp3) is 0.500. The maximum atomic E-state index is 12.2. The zero-order valence-corrected chi connectivity index (χ0v) is 13.4. The fourth-order valence-electron chi connectivity index (χ4n) is 1.55. The predicted molar refractivity (Wildman–Crippen MR) is 78.3 cm³/mol. The van der Waals surface area contributed by atoms with Gasteiger partial charge in [-0.1, -0.05) is 6.07 Å². The Morgan fingerprint density at radius 2 is 2.16 bits per heavy atom. The molecule has 0 heterocycles. The third-order valence-electron chi connectivity index (χ3n) is 2.45. The first-order valence-electron chi connectivity index (χ1n) is 5.99. The lowest BCUT2D eigenvalue weighted by Crippen LogP contribution is -2.36. The standard InChI is InChI=1S/C12H19BrN2O3S/c1-3-18-8-9(2)15-19(16,17)12-5-4-10(7-14)6-11(12)13/h4-6,9,15H,3,7-8,14H2,1-2H3. The number of benzene rings is 1. The summed E-state index contributed by atoms with van der Waals surface area (Å²) in [6.45, 7) is 4.89. The summed E-state index contributed by atoms with van der Waals surface area (Å²) >= 11 is 3.26. The fourth-order valence-corrected chi connectivity index (χ4v) is 3.90. The second kappa shape index (κ2) is 7.35. The van der Waals surface area contributed by atoms with Gasteiger partial charge in [0.1, 0.15) is 0 Å². The van der Waals surface area contributed by atoms with Gasteiger partial charge in [0, 0.05) is 23.7 Å². The Morgan fingerprint density at radius 1 is 1.47 bits per heavy atom. The lowest BCUT2D eigenvalue weighted by Gasteiger charge is -2.15. The van der Waals surface area contributed by atoms with E-state index in [9.17, 15) is 8.42 Å². The first kappa shape index (κ1) is 16.6. The predicted octanol–water partition coefficient (Wildman–Crippen LogP) is 1.61. The molecule has 7 heteroatoms. The second-order valence-electron chi connectivity index (χ2n) is 4.15. The molecule has 0 amide bonds. The van der Waals surface area contributed by atoms with Crippen LogP contribution in [0.5, 0.6) is 0 Å². The molecule has 1 atom stereocenters. The van der Waals surface area contributed by atoms with E-state index in [4.69, 9.17) is 10.5 Å². The van der Waals surface area contributed by atoms with Gasteiger partial charge < -0.3 is 10.5 Å². The van der Waals surface area contributed by atoms with Crippen molar-refractivity contribution in [3.05, 3.63) is 28.2 Å². The van der Waals surface area contributed by atoms with Gasteiger partial charge in [-0.05, 0) is 47.5 Å². The molecule has 0 fully saturated rings. The van der Waals surface area contributed by atoms with E-state index in [1.807, 2.05) is 6.92 Å². The van der Waals surface area contributed by atoms with Crippen molar-refractivity contribution in [2.45, 2.75) is 31.3 Å². The molecule has 1 unspecified atom stereocenters. The Hall–Kier alpha value is -0.470. The zero-order chi connectivity index (χ0) is 14.5. The molecule has 0 aromatic heterocycles. The minimum atomic E-state index is -3.56. The average molecular weight is 351 g/mol. The van der Waals surface area contributed by atoms with Crippen molar-refractivity contribution in [2.24, 2.45) is 5.73 Å². The first-order chi connectivity index (χ1) is 8.90. The summed E-state index contributed by atoms with van der Waals surface area (Å²) in [5.74, 6) is 0. The Morgan fingerprint density at radius 3 is 2.68 bits per heavy atom. The molecule has 1 aromatic rings. The molecule has 1 aromatic carbocycles. The van der Waals surface area contributed by atoms with E-state index in [2.05, 4.69) is 20.7 Å². The normalized spacial score (nSPS) is 13.5. The van der Waals surface area contributed by atoms with E-state index in [1.54, 1.807) is 25.1 Å². The molecule has 0 aliphatic heterocycles. The van der Waals surface area contributed by atoms with E-state index in [1.165, 1.54) is 0 Å². The molecule has 0 bridgehead atoms. The lowest BCUT2D eigenvalue weighted by atomic mass is 10.2. The van der Waals surface area contributed by atoms with Crippen molar-refractivity contribution in [1.29, 1.82) is 0 Å². The highest BCUT2D eigenvalue weighted by atomic mass is 79.9. The van der Waals surface area contributed by atoms with Crippen LogP contribution in [-0.4, -0.2) is 27.7 Å². The highest BCUT2D eigenvalue weighted by Gasteiger charge is 2.20. The van der Waals surface area contributed by atoms with Crippen LogP contribution in [0.15, 0.2) is 27.6 Å². The minimum Gasteiger partial charge on any atom is -0.380 e. The monoisotopic (exact) mass is 350 g/mol. The number of nitrogens with two attached hydrogens (primary N) is 1. The molecular weight excluding hydrogens is 332 g/mol. The van der Waals surface area contributed by atoms with Gasteiger partial charge in [-0.3, -0.25) is 0 Å². The summed E-state index contributed by atoms with van der Waals surface area (Å²) in [7, 11) is -3.56. The molecule has 0 radical (unpaired) electrons. The van der Waals surface area contributed by atoms with Gasteiger partial charge in [-0.2, -0.15) is 0 Å². The number of hydrogen-bond donors (Lipinski definition) is 2. The molecule has 3 N–H and O–H groups in total. The van der Waals surface area contributed by atoms with E-state index in [0.29, 0.717) is 24.2 Å². The SMILES string of the molecule is CCOCC(C)NS(=O)(=O)c1ccc(CN)cc1Br. The Bertz CT molecular complexity index is 520. The van der Waals surface area contributed by atoms with Crippen molar-refractivity contribution in [2.75, 3.05) is 13.2 Å². The molecule has 19 heavy (non-hydrogen) atoms. The van der Waals surface area contributed by atoms with Crippen LogP contribution in [0.4, 0.5) is 0 Å². The van der Waals surface area contributed by atoms with E-state index < -0.39 is 10.0 Å². The molecule has 0 saturated carbocycles. The van der Waals surface area contributed by atoms with Gasteiger partial charge >= 0.3 is 0 Å². The summed E-state index contributed by atoms with van der Waals surface area (Å²) in [4.78, 5) is 0.202. The quantitative estimate of drug-likeness (QED) is 0.782. The number of nitrogens with one attached hydrogen (secondary N) is 1. The Balaban J connectivity index is 2.88. The summed E-state index contributed by atoms with van der Waals surface area (Å²) in [6, 6.07) is 4.67. The van der Waals surface area contributed by atoms with Crippen LogP contribution in [0.1, 0.15) is 19.4 Å². The molecule has 0 saturated heterocycles. The van der Waals surface area contributed by atoms with Crippen LogP contribution in [0.25, 0.3) is 0 Å². The third kappa shape index (κ3) is 4.85. The van der Waals surface area contributed by atoms with Crippen molar-refractivity contribution in [1.82, 2.24) is 4.72 Å². The molecular formula is C12H19BrN2O3S. The van der Waals surface area contributed by atoms with Crippen molar-refractivity contribution in [3.63, 3.8) is 0 Å². The number of ether oxygens (including phenoxy) is 1. The molecule has 5 nitrogen and oxygen atoms in total. The summed E-state index contributed by atoms with van der Waals surface area (Å²) < 4.78 is 32.7. The highest BCUT2D eigenvalue weighted by molar-refractivity contribution is 9.10. The van der Waals surface area contributed by atoms with Crippen LogP contribution in [0.2, 0.25) is 0 Å². The van der Waals surface area contributed by atoms with E-state index >= 15 is 0 Å². The maximum Gasteiger partial charge on any atom is 0.242 e. The number of halogens is 1. The summed E-state index contributed by atoms with van der Waals surface area (Å²) in [5, 5.41) is 0. The van der Waals surface area contributed by atoms with E-state index in [0.717, 1.165) is 5.56 Å². The number of sulfonamides is 1. The zero-order valence-electron chi connectivity index (χ0n) is 11.0. The maximum absolute atomic E-state index is 12.2. The topological polar surface area (TPSA) is 81.4 Å². The number of hydrogen-bond acceptors (Lipinski definition) is 4. The van der Waals surface area contributed by atoms with Crippen LogP contribution in [-0.2, 0) is 21.3 Å². The molecule has 1 rings (SSSR count). The van der Waals surface area contributed by atoms with Gasteiger partial charge in [0.05, 0.1) is 11.5 Å². The molecule has 108 valence electrons. The molecule has 0 aliphatic carbocycles. The number of rotatable bonds is 7. The van der Waals surface area contributed by atoms with Gasteiger partial charge in [0.15, 0.2) is 0 Å². The van der Waals surface area contributed by atoms with Crippen molar-refractivity contribution < 1.29 is 13.2 Å². The Labute approximate surface area is 122 Å². The Kier molecular flexibility index (Phi) is 6.41. The van der Waals surface area contributed by atoms with Gasteiger partial charge in [-0.15, -0.1) is 0 Å². The van der Waals surface area contributed by atoms with Crippen LogP contribution >= 0.6 is 15.9 Å². The average Bonchev–Trinajstić information content (AvgIpc) is 2.35. The van der Waals surface area contributed by atoms with E-state index in [-0.39, 0.29) is 10.9 Å². The largest absolute Gasteiger partial charge is 0.380 e. The van der Waals surface area contributed by atoms with Crippen LogP contribution in [0, 0.1) is 0 Å². The van der Waals surface area contributed by atoms with Gasteiger partial charge in [0.25, 0.3) is 0 Å². The van der Waals surface area contributed by atoms with Gasteiger partial charge in [-0.25, -0.2) is 13.1 Å². The van der Waals surface area contributed by atoms with Crippen molar-refractivity contribution >= 4 is 26.0 Å². The van der Waals surface area contributed by atoms with Crippen LogP contribution < -0.4 is 10.5 Å². The second-order valence-corrected chi connectivity index (χ2v) is 6.69. The molecule has 0 aliphatic rings. The lowest BCUT2D eigenvalue weighted by molar-refractivity contribution is 0.133. The minimum absolute atomic E-state index is 0.202. The summed E-state index contributed by atoms with van der Waals surface area (Å²) in [5.41, 5.74) is 6.38. The summed E-state index contributed by atoms with van der Waals surface area (Å²) in [6.07, 6.45) is 0.